The maximum absolute atomic E-state index is 4.31. The smallest absolute Gasteiger partial charge is 0.190 e. The summed E-state index contributed by atoms with van der Waals surface area (Å²) in [6, 6.07) is 10.6. The number of piperidine rings is 1. The summed E-state index contributed by atoms with van der Waals surface area (Å²) in [6.45, 7) is 7.92. The molecule has 1 fully saturated rings. The summed E-state index contributed by atoms with van der Waals surface area (Å²) in [5, 5.41) is 6.86. The quantitative estimate of drug-likeness (QED) is 0.600. The van der Waals surface area contributed by atoms with Gasteiger partial charge in [-0.2, -0.15) is 0 Å². The molecular weight excluding hydrogens is 284 g/mol. The van der Waals surface area contributed by atoms with Crippen LogP contribution in [0.5, 0.6) is 0 Å². The third-order valence-corrected chi connectivity index (χ3v) is 4.77. The fourth-order valence-corrected chi connectivity index (χ4v) is 3.18. The molecule has 0 atom stereocenters. The molecule has 0 bridgehead atoms. The summed E-state index contributed by atoms with van der Waals surface area (Å²) in [6.07, 6.45) is 4.96. The van der Waals surface area contributed by atoms with E-state index in [1.807, 2.05) is 7.05 Å². The van der Waals surface area contributed by atoms with Crippen molar-refractivity contribution < 1.29 is 0 Å². The van der Waals surface area contributed by atoms with Gasteiger partial charge in [0.2, 0.25) is 0 Å². The third-order valence-electron chi connectivity index (χ3n) is 4.77. The largest absolute Gasteiger partial charge is 0.356 e. The van der Waals surface area contributed by atoms with Gasteiger partial charge in [0, 0.05) is 20.1 Å². The van der Waals surface area contributed by atoms with Gasteiger partial charge in [0.1, 0.15) is 0 Å². The molecule has 4 nitrogen and oxygen atoms in total. The van der Waals surface area contributed by atoms with Crippen LogP contribution in [-0.4, -0.2) is 50.6 Å². The Hall–Kier alpha value is -1.55. The summed E-state index contributed by atoms with van der Waals surface area (Å²) in [5.74, 6) is 1.79. The summed E-state index contributed by atoms with van der Waals surface area (Å²) < 4.78 is 0. The number of benzene rings is 1. The van der Waals surface area contributed by atoms with Crippen LogP contribution in [0, 0.1) is 5.92 Å². The predicted octanol–water partition coefficient (Wildman–Crippen LogP) is 2.52. The van der Waals surface area contributed by atoms with E-state index < -0.39 is 0 Å². The molecule has 1 aromatic rings. The first-order valence-corrected chi connectivity index (χ1v) is 9.02. The Labute approximate surface area is 141 Å². The van der Waals surface area contributed by atoms with Crippen LogP contribution >= 0.6 is 0 Å². The normalized spacial score (nSPS) is 17.2. The average Bonchev–Trinajstić information content (AvgIpc) is 2.62. The number of guanidine groups is 1. The van der Waals surface area contributed by atoms with Crippen LogP contribution in [-0.2, 0) is 6.42 Å². The number of hydrogen-bond donors (Lipinski definition) is 2. The van der Waals surface area contributed by atoms with E-state index in [-0.39, 0.29) is 0 Å². The Kier molecular flexibility index (Phi) is 7.95. The second kappa shape index (κ2) is 10.3. The maximum atomic E-state index is 4.31. The van der Waals surface area contributed by atoms with Crippen molar-refractivity contribution in [1.82, 2.24) is 15.5 Å². The Morgan fingerprint density at radius 2 is 1.83 bits per heavy atom. The Bertz CT molecular complexity index is 450. The van der Waals surface area contributed by atoms with E-state index in [0.29, 0.717) is 0 Å². The highest BCUT2D eigenvalue weighted by Gasteiger charge is 2.17. The zero-order valence-corrected chi connectivity index (χ0v) is 14.7. The monoisotopic (exact) mass is 316 g/mol. The van der Waals surface area contributed by atoms with Crippen molar-refractivity contribution in [3.63, 3.8) is 0 Å². The minimum Gasteiger partial charge on any atom is -0.356 e. The van der Waals surface area contributed by atoms with Gasteiger partial charge in [-0.25, -0.2) is 0 Å². The van der Waals surface area contributed by atoms with Gasteiger partial charge in [-0.3, -0.25) is 4.99 Å². The fourth-order valence-electron chi connectivity index (χ4n) is 3.18. The molecule has 0 spiro atoms. The number of rotatable bonds is 7. The first-order valence-electron chi connectivity index (χ1n) is 9.02. The second-order valence-corrected chi connectivity index (χ2v) is 6.33. The highest BCUT2D eigenvalue weighted by atomic mass is 15.2. The topological polar surface area (TPSA) is 39.7 Å². The molecule has 0 amide bonds. The Morgan fingerprint density at radius 1 is 1.13 bits per heavy atom. The lowest BCUT2D eigenvalue weighted by molar-refractivity contribution is 0.187. The Morgan fingerprint density at radius 3 is 2.48 bits per heavy atom. The van der Waals surface area contributed by atoms with Gasteiger partial charge < -0.3 is 15.5 Å². The lowest BCUT2D eigenvalue weighted by atomic mass is 9.93. The number of likely N-dealkylation sites (tertiary alicyclic amines) is 1. The third kappa shape index (κ3) is 6.61. The first-order chi connectivity index (χ1) is 11.3. The van der Waals surface area contributed by atoms with Crippen molar-refractivity contribution in [3.05, 3.63) is 35.9 Å². The standard InChI is InChI=1S/C19H32N4/c1-3-23-15-11-18(12-16-23)10-14-22-19(20-2)21-13-9-17-7-5-4-6-8-17/h4-8,18H,3,9-16H2,1-2H3,(H2,20,21,22). The van der Waals surface area contributed by atoms with Crippen LogP contribution in [0.2, 0.25) is 0 Å². The van der Waals surface area contributed by atoms with Gasteiger partial charge in [0.15, 0.2) is 5.96 Å². The molecule has 0 aromatic heterocycles. The molecule has 1 saturated heterocycles. The molecule has 0 saturated carbocycles. The molecule has 128 valence electrons. The number of hydrogen-bond acceptors (Lipinski definition) is 2. The number of nitrogens with one attached hydrogen (secondary N) is 2. The molecule has 23 heavy (non-hydrogen) atoms. The van der Waals surface area contributed by atoms with Gasteiger partial charge in [-0.15, -0.1) is 0 Å². The molecule has 1 aliphatic rings. The summed E-state index contributed by atoms with van der Waals surface area (Å²) in [4.78, 5) is 6.86. The van der Waals surface area contributed by atoms with E-state index in [9.17, 15) is 0 Å². The van der Waals surface area contributed by atoms with Crippen LogP contribution in [0.1, 0.15) is 31.7 Å². The first kappa shape index (κ1) is 17.8. The molecule has 1 heterocycles. The summed E-state index contributed by atoms with van der Waals surface area (Å²) in [7, 11) is 1.84. The highest BCUT2D eigenvalue weighted by molar-refractivity contribution is 5.79. The van der Waals surface area contributed by atoms with Gasteiger partial charge in [-0.1, -0.05) is 37.3 Å². The number of nitrogens with zero attached hydrogens (tertiary/aromatic N) is 2. The van der Waals surface area contributed by atoms with Crippen molar-refractivity contribution in [2.45, 2.75) is 32.6 Å². The van der Waals surface area contributed by atoms with E-state index in [0.717, 1.165) is 31.4 Å². The van der Waals surface area contributed by atoms with Gasteiger partial charge in [0.05, 0.1) is 0 Å². The zero-order valence-electron chi connectivity index (χ0n) is 14.7. The zero-order chi connectivity index (χ0) is 16.3. The van der Waals surface area contributed by atoms with Crippen LogP contribution in [0.3, 0.4) is 0 Å². The van der Waals surface area contributed by atoms with Crippen LogP contribution in [0.15, 0.2) is 35.3 Å². The minimum atomic E-state index is 0.868. The van der Waals surface area contributed by atoms with Gasteiger partial charge in [-0.05, 0) is 56.8 Å². The molecule has 2 rings (SSSR count). The van der Waals surface area contributed by atoms with Gasteiger partial charge in [0.25, 0.3) is 0 Å². The average molecular weight is 316 g/mol. The summed E-state index contributed by atoms with van der Waals surface area (Å²) in [5.41, 5.74) is 1.36. The van der Waals surface area contributed by atoms with E-state index >= 15 is 0 Å². The van der Waals surface area contributed by atoms with Crippen molar-refractivity contribution in [3.8, 4) is 0 Å². The lowest BCUT2D eigenvalue weighted by Crippen LogP contribution is -2.40. The molecule has 4 heteroatoms. The van der Waals surface area contributed by atoms with Crippen LogP contribution in [0.25, 0.3) is 0 Å². The molecule has 0 radical (unpaired) electrons. The van der Waals surface area contributed by atoms with Crippen molar-refractivity contribution >= 4 is 5.96 Å². The van der Waals surface area contributed by atoms with Crippen LogP contribution < -0.4 is 10.6 Å². The Balaban J connectivity index is 1.58. The van der Waals surface area contributed by atoms with Crippen molar-refractivity contribution in [2.24, 2.45) is 10.9 Å². The maximum Gasteiger partial charge on any atom is 0.190 e. The molecular formula is C19H32N4. The van der Waals surface area contributed by atoms with E-state index in [1.165, 1.54) is 44.5 Å². The second-order valence-electron chi connectivity index (χ2n) is 6.33. The van der Waals surface area contributed by atoms with E-state index in [4.69, 9.17) is 0 Å². The molecule has 1 aliphatic heterocycles. The minimum absolute atomic E-state index is 0.868. The van der Waals surface area contributed by atoms with Crippen LogP contribution in [0.4, 0.5) is 0 Å². The molecule has 0 aliphatic carbocycles. The van der Waals surface area contributed by atoms with Crippen molar-refractivity contribution in [2.75, 3.05) is 39.8 Å². The van der Waals surface area contributed by atoms with E-state index in [2.05, 4.69) is 57.8 Å². The SMILES string of the molecule is CCN1CCC(CCNC(=NC)NCCc2ccccc2)CC1. The van der Waals surface area contributed by atoms with Crippen molar-refractivity contribution in [1.29, 1.82) is 0 Å². The fraction of sp³-hybridized carbons (Fsp3) is 0.632. The molecule has 1 aromatic carbocycles. The number of aliphatic imine (C=N–C) groups is 1. The van der Waals surface area contributed by atoms with E-state index in [1.54, 1.807) is 0 Å². The lowest BCUT2D eigenvalue weighted by Gasteiger charge is -2.31. The highest BCUT2D eigenvalue weighted by Crippen LogP contribution is 2.19. The molecule has 2 N–H and O–H groups in total. The van der Waals surface area contributed by atoms with Gasteiger partial charge >= 0.3 is 0 Å². The molecule has 0 unspecified atom stereocenters. The summed E-state index contributed by atoms with van der Waals surface area (Å²) >= 11 is 0. The predicted molar refractivity (Wildman–Crippen MR) is 99.0 cm³/mol.